The van der Waals surface area contributed by atoms with E-state index in [-0.39, 0.29) is 5.69 Å². The Morgan fingerprint density at radius 1 is 1.48 bits per heavy atom. The number of halogens is 3. The van der Waals surface area contributed by atoms with Crippen molar-refractivity contribution in [1.29, 1.82) is 0 Å². The van der Waals surface area contributed by atoms with E-state index in [9.17, 15) is 22.0 Å². The van der Waals surface area contributed by atoms with Crippen molar-refractivity contribution in [3.8, 4) is 0 Å². The first kappa shape index (κ1) is 16.2. The number of alkyl halides is 2. The molecule has 1 fully saturated rings. The Balaban J connectivity index is 2.34. The first-order chi connectivity index (χ1) is 9.37. The van der Waals surface area contributed by atoms with Crippen molar-refractivity contribution in [2.24, 2.45) is 7.05 Å². The van der Waals surface area contributed by atoms with Gasteiger partial charge in [0.2, 0.25) is 10.0 Å². The van der Waals surface area contributed by atoms with Crippen molar-refractivity contribution in [3.63, 3.8) is 0 Å². The van der Waals surface area contributed by atoms with Crippen molar-refractivity contribution in [3.05, 3.63) is 16.9 Å². The molecular weight excluding hydrogens is 330 g/mol. The van der Waals surface area contributed by atoms with E-state index in [1.54, 1.807) is 0 Å². The quantitative estimate of drug-likeness (QED) is 0.874. The number of aromatic nitrogens is 1. The third-order valence-corrected chi connectivity index (χ3v) is 5.40. The molecule has 1 aromatic heterocycles. The minimum absolute atomic E-state index is 0.388. The Hall–Kier alpha value is -1.19. The lowest BCUT2D eigenvalue weighted by molar-refractivity contribution is -0.121. The Labute approximate surface area is 124 Å². The second-order valence-electron chi connectivity index (χ2n) is 5.45. The second kappa shape index (κ2) is 4.65. The molecular formula is C11H13ClF2N2O4S. The highest BCUT2D eigenvalue weighted by molar-refractivity contribution is 7.89. The molecule has 2 rings (SSSR count). The van der Waals surface area contributed by atoms with Gasteiger partial charge >= 0.3 is 5.97 Å². The maximum Gasteiger partial charge on any atom is 0.354 e. The number of carboxylic acid groups (broad SMARTS) is 1. The molecule has 118 valence electrons. The predicted octanol–water partition coefficient (Wildman–Crippen LogP) is 1.84. The van der Waals surface area contributed by atoms with Gasteiger partial charge in [0.05, 0.1) is 5.02 Å². The molecule has 0 spiro atoms. The SMILES string of the molecule is Cn1cc(S(=O)(=O)NC2(C)CC(F)(F)C2)c(Cl)c1C(=O)O. The number of sulfonamides is 1. The number of hydrogen-bond donors (Lipinski definition) is 2. The normalized spacial score (nSPS) is 20.0. The number of nitrogens with zero attached hydrogens (tertiary/aromatic N) is 1. The maximum atomic E-state index is 12.9. The van der Waals surface area contributed by atoms with Crippen LogP contribution in [0.5, 0.6) is 0 Å². The summed E-state index contributed by atoms with van der Waals surface area (Å²) in [7, 11) is -2.87. The van der Waals surface area contributed by atoms with Crippen LogP contribution in [0.15, 0.2) is 11.1 Å². The van der Waals surface area contributed by atoms with Gasteiger partial charge in [0.25, 0.3) is 5.92 Å². The van der Waals surface area contributed by atoms with E-state index < -0.39 is 50.2 Å². The molecule has 0 radical (unpaired) electrons. The van der Waals surface area contributed by atoms with E-state index in [4.69, 9.17) is 16.7 Å². The van der Waals surface area contributed by atoms with Crippen LogP contribution in [0, 0.1) is 0 Å². The largest absolute Gasteiger partial charge is 0.477 e. The molecule has 2 N–H and O–H groups in total. The van der Waals surface area contributed by atoms with Gasteiger partial charge in [-0.1, -0.05) is 11.6 Å². The van der Waals surface area contributed by atoms with Gasteiger partial charge in [0.1, 0.15) is 10.6 Å². The summed E-state index contributed by atoms with van der Waals surface area (Å²) in [5, 5.41) is 8.51. The van der Waals surface area contributed by atoms with Crippen LogP contribution in [0.2, 0.25) is 5.02 Å². The van der Waals surface area contributed by atoms with Crippen LogP contribution in [-0.2, 0) is 17.1 Å². The highest BCUT2D eigenvalue weighted by Crippen LogP contribution is 2.46. The zero-order valence-corrected chi connectivity index (χ0v) is 12.7. The highest BCUT2D eigenvalue weighted by atomic mass is 35.5. The van der Waals surface area contributed by atoms with Crippen LogP contribution in [0.25, 0.3) is 0 Å². The lowest BCUT2D eigenvalue weighted by atomic mass is 9.76. The molecule has 0 atom stereocenters. The minimum atomic E-state index is -4.19. The van der Waals surface area contributed by atoms with Crippen molar-refractivity contribution in [2.75, 3.05) is 0 Å². The standard InChI is InChI=1S/C11H13ClF2N2O4S/c1-10(4-11(13,14)5-10)15-21(19,20)6-3-16(2)8(7(6)12)9(17)18/h3,15H,4-5H2,1-2H3,(H,17,18). The summed E-state index contributed by atoms with van der Waals surface area (Å²) >= 11 is 5.79. The Morgan fingerprint density at radius 2 is 2.00 bits per heavy atom. The number of rotatable bonds is 4. The van der Waals surface area contributed by atoms with E-state index in [1.165, 1.54) is 14.0 Å². The molecule has 0 unspecified atom stereocenters. The maximum absolute atomic E-state index is 12.9. The van der Waals surface area contributed by atoms with Crippen LogP contribution < -0.4 is 4.72 Å². The number of carboxylic acids is 1. The molecule has 1 aromatic rings. The van der Waals surface area contributed by atoms with Crippen LogP contribution >= 0.6 is 11.6 Å². The zero-order valence-electron chi connectivity index (χ0n) is 11.2. The average molecular weight is 343 g/mol. The van der Waals surface area contributed by atoms with E-state index in [2.05, 4.69) is 4.72 Å². The molecule has 1 aliphatic rings. The third-order valence-electron chi connectivity index (χ3n) is 3.26. The Morgan fingerprint density at radius 3 is 2.38 bits per heavy atom. The van der Waals surface area contributed by atoms with Gasteiger partial charge in [0, 0.05) is 31.6 Å². The van der Waals surface area contributed by atoms with Gasteiger partial charge in [-0.25, -0.2) is 26.7 Å². The zero-order chi connectivity index (χ0) is 16.2. The summed E-state index contributed by atoms with van der Waals surface area (Å²) in [5.74, 6) is -4.28. The fourth-order valence-corrected chi connectivity index (χ4v) is 4.64. The smallest absolute Gasteiger partial charge is 0.354 e. The first-order valence-corrected chi connectivity index (χ1v) is 7.73. The van der Waals surface area contributed by atoms with Crippen LogP contribution in [0.3, 0.4) is 0 Å². The molecule has 0 aliphatic heterocycles. The lowest BCUT2D eigenvalue weighted by Crippen LogP contribution is -2.60. The van der Waals surface area contributed by atoms with Gasteiger partial charge in [-0.15, -0.1) is 0 Å². The summed E-state index contributed by atoms with van der Waals surface area (Å²) in [6.45, 7) is 1.36. The fraction of sp³-hybridized carbons (Fsp3) is 0.545. The predicted molar refractivity (Wildman–Crippen MR) is 70.3 cm³/mol. The van der Waals surface area contributed by atoms with Gasteiger partial charge in [0.15, 0.2) is 0 Å². The molecule has 0 bridgehead atoms. The van der Waals surface area contributed by atoms with Gasteiger partial charge in [-0.2, -0.15) is 0 Å². The molecule has 0 amide bonds. The number of carbonyl (C=O) groups is 1. The first-order valence-electron chi connectivity index (χ1n) is 5.87. The molecule has 10 heteroatoms. The number of nitrogens with one attached hydrogen (secondary N) is 1. The minimum Gasteiger partial charge on any atom is -0.477 e. The molecule has 0 aromatic carbocycles. The van der Waals surface area contributed by atoms with E-state index in [1.807, 2.05) is 0 Å². The average Bonchev–Trinajstić information content (AvgIpc) is 2.49. The summed E-state index contributed by atoms with van der Waals surface area (Å²) in [6.07, 6.45) is -0.195. The van der Waals surface area contributed by atoms with Crippen molar-refractivity contribution in [2.45, 2.75) is 36.1 Å². The summed E-state index contributed by atoms with van der Waals surface area (Å²) in [6, 6.07) is 0. The highest BCUT2D eigenvalue weighted by Gasteiger charge is 2.55. The molecule has 1 heterocycles. The van der Waals surface area contributed by atoms with Gasteiger partial charge < -0.3 is 9.67 Å². The topological polar surface area (TPSA) is 88.4 Å². The summed E-state index contributed by atoms with van der Waals surface area (Å²) in [5.41, 5.74) is -1.66. The van der Waals surface area contributed by atoms with Gasteiger partial charge in [-0.05, 0) is 6.92 Å². The van der Waals surface area contributed by atoms with Crippen molar-refractivity contribution in [1.82, 2.24) is 9.29 Å². The number of aryl methyl sites for hydroxylation is 1. The van der Waals surface area contributed by atoms with Crippen molar-refractivity contribution < 1.29 is 27.1 Å². The fourth-order valence-electron chi connectivity index (χ4n) is 2.54. The monoisotopic (exact) mass is 342 g/mol. The van der Waals surface area contributed by atoms with E-state index in [0.717, 1.165) is 10.8 Å². The third kappa shape index (κ3) is 2.90. The molecule has 1 saturated carbocycles. The summed E-state index contributed by atoms with van der Waals surface area (Å²) in [4.78, 5) is 10.6. The molecule has 1 aliphatic carbocycles. The number of aromatic carboxylic acids is 1. The Kier molecular flexibility index (Phi) is 3.59. The van der Waals surface area contributed by atoms with Gasteiger partial charge in [-0.3, -0.25) is 0 Å². The van der Waals surface area contributed by atoms with E-state index >= 15 is 0 Å². The second-order valence-corrected chi connectivity index (χ2v) is 7.48. The lowest BCUT2D eigenvalue weighted by Gasteiger charge is -2.44. The van der Waals surface area contributed by atoms with E-state index in [0.29, 0.717) is 0 Å². The Bertz CT molecular complexity index is 706. The van der Waals surface area contributed by atoms with Crippen molar-refractivity contribution >= 4 is 27.6 Å². The van der Waals surface area contributed by atoms with Crippen LogP contribution in [-0.4, -0.2) is 35.5 Å². The van der Waals surface area contributed by atoms with Crippen LogP contribution in [0.4, 0.5) is 8.78 Å². The van der Waals surface area contributed by atoms with Crippen LogP contribution in [0.1, 0.15) is 30.3 Å². The molecule has 6 nitrogen and oxygen atoms in total. The number of hydrogen-bond acceptors (Lipinski definition) is 3. The molecule has 0 saturated heterocycles. The molecule has 21 heavy (non-hydrogen) atoms. The summed E-state index contributed by atoms with van der Waals surface area (Å²) < 4.78 is 53.5.